The first kappa shape index (κ1) is 12.6. The summed E-state index contributed by atoms with van der Waals surface area (Å²) in [5.74, 6) is 0.413. The number of hydrogen-bond donors (Lipinski definition) is 1. The summed E-state index contributed by atoms with van der Waals surface area (Å²) in [6.45, 7) is 0. The summed E-state index contributed by atoms with van der Waals surface area (Å²) in [6.07, 6.45) is -0.670. The van der Waals surface area contributed by atoms with Crippen molar-refractivity contribution in [3.05, 3.63) is 53.7 Å². The summed E-state index contributed by atoms with van der Waals surface area (Å²) in [6, 6.07) is 3.53. The smallest absolute Gasteiger partial charge is 0.416 e. The average molecular weight is 256 g/mol. The number of aromatic nitrogens is 1. The number of alkyl halides is 3. The minimum atomic E-state index is -4.42. The van der Waals surface area contributed by atoms with E-state index in [1.165, 1.54) is 12.5 Å². The van der Waals surface area contributed by atoms with Crippen LogP contribution in [-0.4, -0.2) is 12.0 Å². The Hall–Kier alpha value is -1.82. The van der Waals surface area contributed by atoms with E-state index < -0.39 is 17.8 Å². The fraction of sp³-hybridized carbons (Fsp3) is 0.250. The van der Waals surface area contributed by atoms with Gasteiger partial charge in [-0.1, -0.05) is 0 Å². The molecule has 1 N–H and O–H groups in total. The number of rotatable bonds is 3. The van der Waals surface area contributed by atoms with Gasteiger partial charge in [0.25, 0.3) is 0 Å². The van der Waals surface area contributed by atoms with Gasteiger partial charge in [0.05, 0.1) is 17.9 Å². The first-order valence-electron chi connectivity index (χ1n) is 5.26. The van der Waals surface area contributed by atoms with Crippen LogP contribution in [0.4, 0.5) is 13.2 Å². The highest BCUT2D eigenvalue weighted by Gasteiger charge is 2.35. The van der Waals surface area contributed by atoms with E-state index in [2.05, 4.69) is 10.3 Å². The van der Waals surface area contributed by atoms with Gasteiger partial charge < -0.3 is 9.73 Å². The highest BCUT2D eigenvalue weighted by Crippen LogP contribution is 2.35. The summed E-state index contributed by atoms with van der Waals surface area (Å²) < 4.78 is 43.9. The number of nitrogens with one attached hydrogen (secondary N) is 1. The monoisotopic (exact) mass is 256 g/mol. The van der Waals surface area contributed by atoms with Gasteiger partial charge in [-0.3, -0.25) is 4.98 Å². The fourth-order valence-corrected chi connectivity index (χ4v) is 1.80. The lowest BCUT2D eigenvalue weighted by molar-refractivity contribution is -0.138. The topological polar surface area (TPSA) is 38.1 Å². The molecule has 2 rings (SSSR count). The Labute approximate surface area is 102 Å². The maximum Gasteiger partial charge on any atom is 0.416 e. The first-order valence-corrected chi connectivity index (χ1v) is 5.26. The van der Waals surface area contributed by atoms with Crippen molar-refractivity contribution in [2.75, 3.05) is 7.05 Å². The van der Waals surface area contributed by atoms with Crippen molar-refractivity contribution in [3.8, 4) is 0 Å². The molecule has 3 nitrogen and oxygen atoms in total. The van der Waals surface area contributed by atoms with Crippen LogP contribution in [0.25, 0.3) is 0 Å². The van der Waals surface area contributed by atoms with E-state index in [0.717, 1.165) is 12.3 Å². The molecule has 0 spiro atoms. The Morgan fingerprint density at radius 2 is 2.11 bits per heavy atom. The number of nitrogens with zero attached hydrogens (tertiary/aromatic N) is 1. The van der Waals surface area contributed by atoms with Crippen molar-refractivity contribution in [2.45, 2.75) is 12.2 Å². The summed E-state index contributed by atoms with van der Waals surface area (Å²) in [5.41, 5.74) is -0.671. The van der Waals surface area contributed by atoms with Gasteiger partial charge in [-0.2, -0.15) is 13.2 Å². The molecular weight excluding hydrogens is 245 g/mol. The van der Waals surface area contributed by atoms with Crippen molar-refractivity contribution in [2.24, 2.45) is 0 Å². The van der Waals surface area contributed by atoms with Crippen molar-refractivity contribution in [1.82, 2.24) is 10.3 Å². The van der Waals surface area contributed by atoms with Gasteiger partial charge in [0, 0.05) is 18.0 Å². The molecule has 0 fully saturated rings. The second kappa shape index (κ2) is 4.81. The van der Waals surface area contributed by atoms with Gasteiger partial charge in [0.15, 0.2) is 0 Å². The third-order valence-corrected chi connectivity index (χ3v) is 2.58. The van der Waals surface area contributed by atoms with Gasteiger partial charge >= 0.3 is 6.18 Å². The van der Waals surface area contributed by atoms with Crippen LogP contribution in [0.15, 0.2) is 41.3 Å². The molecule has 0 saturated heterocycles. The summed E-state index contributed by atoms with van der Waals surface area (Å²) >= 11 is 0. The van der Waals surface area contributed by atoms with Crippen molar-refractivity contribution in [1.29, 1.82) is 0 Å². The number of hydrogen-bond acceptors (Lipinski definition) is 3. The minimum absolute atomic E-state index is 0.0439. The van der Waals surface area contributed by atoms with Crippen molar-refractivity contribution < 1.29 is 17.6 Å². The Morgan fingerprint density at radius 3 is 2.67 bits per heavy atom. The second-order valence-corrected chi connectivity index (χ2v) is 3.70. The Balaban J connectivity index is 2.50. The highest BCUT2D eigenvalue weighted by atomic mass is 19.4. The number of pyridine rings is 1. The standard InChI is InChI=1S/C12H11F3N2O/c1-16-11(10-3-2-6-18-10)8-7-17-5-4-9(8)12(13,14)15/h2-7,11,16H,1H3. The third kappa shape index (κ3) is 2.38. The van der Waals surface area contributed by atoms with Gasteiger partial charge in [-0.25, -0.2) is 0 Å². The Bertz CT molecular complexity index is 508. The molecule has 18 heavy (non-hydrogen) atoms. The maximum absolute atomic E-state index is 12.9. The van der Waals surface area contributed by atoms with E-state index in [4.69, 9.17) is 4.42 Å². The summed E-state index contributed by atoms with van der Waals surface area (Å²) in [4.78, 5) is 3.76. The molecule has 2 aromatic rings. The van der Waals surface area contributed by atoms with Crippen molar-refractivity contribution >= 4 is 0 Å². The molecule has 0 aliphatic rings. The fourth-order valence-electron chi connectivity index (χ4n) is 1.80. The average Bonchev–Trinajstić information content (AvgIpc) is 2.83. The molecule has 0 aromatic carbocycles. The van der Waals surface area contributed by atoms with E-state index in [0.29, 0.717) is 5.76 Å². The summed E-state index contributed by atoms with van der Waals surface area (Å²) in [7, 11) is 1.57. The van der Waals surface area contributed by atoms with Crippen LogP contribution in [-0.2, 0) is 6.18 Å². The Morgan fingerprint density at radius 1 is 1.33 bits per heavy atom. The van der Waals surface area contributed by atoms with E-state index in [1.54, 1.807) is 19.2 Å². The molecular formula is C12H11F3N2O. The van der Waals surface area contributed by atoms with Crippen LogP contribution in [0.3, 0.4) is 0 Å². The lowest BCUT2D eigenvalue weighted by Crippen LogP contribution is -2.21. The molecule has 6 heteroatoms. The predicted molar refractivity (Wildman–Crippen MR) is 58.8 cm³/mol. The lowest BCUT2D eigenvalue weighted by atomic mass is 10.0. The predicted octanol–water partition coefficient (Wildman–Crippen LogP) is 3.00. The molecule has 96 valence electrons. The second-order valence-electron chi connectivity index (χ2n) is 3.70. The first-order chi connectivity index (χ1) is 8.54. The molecule has 0 radical (unpaired) electrons. The van der Waals surface area contributed by atoms with Gasteiger partial charge in [0.1, 0.15) is 5.76 Å². The van der Waals surface area contributed by atoms with Crippen LogP contribution in [0.5, 0.6) is 0 Å². The molecule has 0 bridgehead atoms. The normalized spacial score (nSPS) is 13.6. The SMILES string of the molecule is CNC(c1ccco1)c1cnccc1C(F)(F)F. The minimum Gasteiger partial charge on any atom is -0.467 e. The zero-order valence-electron chi connectivity index (χ0n) is 9.53. The quantitative estimate of drug-likeness (QED) is 0.917. The molecule has 0 saturated carbocycles. The van der Waals surface area contributed by atoms with E-state index in [9.17, 15) is 13.2 Å². The largest absolute Gasteiger partial charge is 0.467 e. The maximum atomic E-state index is 12.9. The van der Waals surface area contributed by atoms with Gasteiger partial charge in [-0.15, -0.1) is 0 Å². The highest BCUT2D eigenvalue weighted by molar-refractivity contribution is 5.33. The molecule has 2 heterocycles. The molecule has 0 aliphatic heterocycles. The van der Waals surface area contributed by atoms with Crippen LogP contribution in [0.2, 0.25) is 0 Å². The molecule has 0 aliphatic carbocycles. The van der Waals surface area contributed by atoms with E-state index in [1.807, 2.05) is 0 Å². The van der Waals surface area contributed by atoms with Gasteiger partial charge in [-0.05, 0) is 25.2 Å². The van der Waals surface area contributed by atoms with E-state index in [-0.39, 0.29) is 5.56 Å². The number of furan rings is 1. The zero-order valence-corrected chi connectivity index (χ0v) is 9.53. The van der Waals surface area contributed by atoms with E-state index >= 15 is 0 Å². The zero-order chi connectivity index (χ0) is 13.2. The molecule has 0 amide bonds. The molecule has 1 unspecified atom stereocenters. The van der Waals surface area contributed by atoms with Crippen LogP contribution in [0, 0.1) is 0 Å². The van der Waals surface area contributed by atoms with Crippen LogP contribution >= 0.6 is 0 Å². The Kier molecular flexibility index (Phi) is 3.38. The molecule has 1 atom stereocenters. The number of halogens is 3. The van der Waals surface area contributed by atoms with Crippen LogP contribution < -0.4 is 5.32 Å². The lowest BCUT2D eigenvalue weighted by Gasteiger charge is -2.18. The summed E-state index contributed by atoms with van der Waals surface area (Å²) in [5, 5.41) is 2.80. The molecule has 2 aromatic heterocycles. The third-order valence-electron chi connectivity index (χ3n) is 2.58. The van der Waals surface area contributed by atoms with Crippen molar-refractivity contribution in [3.63, 3.8) is 0 Å². The van der Waals surface area contributed by atoms with Crippen LogP contribution in [0.1, 0.15) is 22.9 Å². The van der Waals surface area contributed by atoms with Gasteiger partial charge in [0.2, 0.25) is 0 Å².